The molecule has 0 unspecified atom stereocenters. The summed E-state index contributed by atoms with van der Waals surface area (Å²) in [4.78, 5) is 10.4. The van der Waals surface area contributed by atoms with Crippen molar-refractivity contribution in [2.24, 2.45) is 0 Å². The zero-order chi connectivity index (χ0) is 12.2. The minimum absolute atomic E-state index is 0.00456. The van der Waals surface area contributed by atoms with Crippen molar-refractivity contribution in [3.63, 3.8) is 0 Å². The summed E-state index contributed by atoms with van der Waals surface area (Å²) in [6.07, 6.45) is 1.88. The van der Waals surface area contributed by atoms with E-state index in [1.54, 1.807) is 0 Å². The molecule has 16 heavy (non-hydrogen) atoms. The molecule has 1 N–H and O–H groups in total. The van der Waals surface area contributed by atoms with Crippen LogP contribution in [0.1, 0.15) is 37.2 Å². The molecule has 0 aliphatic rings. The average Bonchev–Trinajstić information content (AvgIpc) is 2.75. The Morgan fingerprint density at radius 1 is 1.38 bits per heavy atom. The fourth-order valence-electron chi connectivity index (χ4n) is 1.27. The molecule has 6 heteroatoms. The monoisotopic (exact) mass is 245 g/mol. The highest BCUT2D eigenvalue weighted by Crippen LogP contribution is 2.13. The van der Waals surface area contributed by atoms with Crippen molar-refractivity contribution in [1.29, 1.82) is 0 Å². The van der Waals surface area contributed by atoms with Crippen LogP contribution in [0.15, 0.2) is 21.6 Å². The third-order valence-corrected chi connectivity index (χ3v) is 3.68. The van der Waals surface area contributed by atoms with Gasteiger partial charge in [0.1, 0.15) is 0 Å². The Bertz CT molecular complexity index is 445. The van der Waals surface area contributed by atoms with Gasteiger partial charge in [0.25, 0.3) is 10.0 Å². The molecule has 1 aromatic heterocycles. The predicted octanol–water partition coefficient (Wildman–Crippen LogP) is 1.56. The van der Waals surface area contributed by atoms with Gasteiger partial charge in [0.2, 0.25) is 5.09 Å². The predicted molar refractivity (Wildman–Crippen MR) is 58.8 cm³/mol. The molecule has 1 aromatic rings. The van der Waals surface area contributed by atoms with Crippen molar-refractivity contribution in [3.8, 4) is 0 Å². The van der Waals surface area contributed by atoms with Crippen molar-refractivity contribution in [3.05, 3.63) is 17.9 Å². The Labute approximate surface area is 94.9 Å². The van der Waals surface area contributed by atoms with E-state index in [1.165, 1.54) is 12.1 Å². The minimum atomic E-state index is -3.65. The Kier molecular flexibility index (Phi) is 4.26. The minimum Gasteiger partial charge on any atom is -0.440 e. The second-order valence-corrected chi connectivity index (χ2v) is 5.05. The number of rotatable bonds is 6. The van der Waals surface area contributed by atoms with Crippen molar-refractivity contribution >= 4 is 16.3 Å². The van der Waals surface area contributed by atoms with Gasteiger partial charge in [-0.1, -0.05) is 13.8 Å². The highest BCUT2D eigenvalue weighted by Gasteiger charge is 2.21. The molecule has 0 fully saturated rings. The first-order chi connectivity index (χ1) is 7.53. The van der Waals surface area contributed by atoms with E-state index in [0.717, 1.165) is 0 Å². The largest absolute Gasteiger partial charge is 0.440 e. The molecule has 0 spiro atoms. The molecule has 5 nitrogen and oxygen atoms in total. The summed E-state index contributed by atoms with van der Waals surface area (Å²) < 4.78 is 30.9. The summed E-state index contributed by atoms with van der Waals surface area (Å²) in [7, 11) is -3.65. The third kappa shape index (κ3) is 2.93. The molecular weight excluding hydrogens is 230 g/mol. The fourth-order valence-corrected chi connectivity index (χ4v) is 2.62. The zero-order valence-corrected chi connectivity index (χ0v) is 10.1. The van der Waals surface area contributed by atoms with E-state index in [1.807, 2.05) is 13.8 Å². The molecule has 1 heterocycles. The molecule has 0 radical (unpaired) electrons. The maximum absolute atomic E-state index is 11.8. The summed E-state index contributed by atoms with van der Waals surface area (Å²) in [5.41, 5.74) is 0. The van der Waals surface area contributed by atoms with Crippen LogP contribution in [0.3, 0.4) is 0 Å². The van der Waals surface area contributed by atoms with E-state index in [-0.39, 0.29) is 16.9 Å². The van der Waals surface area contributed by atoms with Gasteiger partial charge in [-0.3, -0.25) is 4.79 Å². The molecule has 0 saturated carbocycles. The van der Waals surface area contributed by atoms with Crippen molar-refractivity contribution in [2.75, 3.05) is 0 Å². The fraction of sp³-hybridized carbons (Fsp3) is 0.500. The smallest absolute Gasteiger partial charge is 0.274 e. The Hall–Kier alpha value is -1.14. The van der Waals surface area contributed by atoms with Crippen LogP contribution in [0.4, 0.5) is 0 Å². The number of aldehydes is 1. The molecule has 90 valence electrons. The van der Waals surface area contributed by atoms with Crippen molar-refractivity contribution in [2.45, 2.75) is 37.8 Å². The van der Waals surface area contributed by atoms with Crippen LogP contribution in [0.2, 0.25) is 0 Å². The Morgan fingerprint density at radius 2 is 2.00 bits per heavy atom. The first kappa shape index (κ1) is 12.9. The number of hydrogen-bond donors (Lipinski definition) is 1. The summed E-state index contributed by atoms with van der Waals surface area (Å²) in [5.74, 6) is 0.00456. The van der Waals surface area contributed by atoms with Gasteiger partial charge in [0, 0.05) is 6.04 Å². The third-order valence-electron chi connectivity index (χ3n) is 2.29. The van der Waals surface area contributed by atoms with E-state index in [0.29, 0.717) is 19.1 Å². The number of hydrogen-bond acceptors (Lipinski definition) is 4. The van der Waals surface area contributed by atoms with Gasteiger partial charge in [-0.15, -0.1) is 0 Å². The number of carbonyl (C=O) groups is 1. The van der Waals surface area contributed by atoms with Crippen molar-refractivity contribution in [1.82, 2.24) is 4.72 Å². The quantitative estimate of drug-likeness (QED) is 0.771. The van der Waals surface area contributed by atoms with Gasteiger partial charge >= 0.3 is 0 Å². The number of carbonyl (C=O) groups excluding carboxylic acids is 1. The first-order valence-electron chi connectivity index (χ1n) is 5.10. The Balaban J connectivity index is 2.89. The van der Waals surface area contributed by atoms with Gasteiger partial charge in [0.05, 0.1) is 0 Å². The van der Waals surface area contributed by atoms with E-state index in [9.17, 15) is 13.2 Å². The van der Waals surface area contributed by atoms with Gasteiger partial charge in [0.15, 0.2) is 12.0 Å². The SMILES string of the molecule is CCC(CC)NS(=O)(=O)c1ccc(C=O)o1. The summed E-state index contributed by atoms with van der Waals surface area (Å²) in [6.45, 7) is 3.80. The molecule has 0 atom stereocenters. The standard InChI is InChI=1S/C10H15NO4S/c1-3-8(4-2)11-16(13,14)10-6-5-9(7-12)15-10/h5-8,11H,3-4H2,1-2H3. The van der Waals surface area contributed by atoms with Gasteiger partial charge in [-0.2, -0.15) is 0 Å². The highest BCUT2D eigenvalue weighted by atomic mass is 32.2. The first-order valence-corrected chi connectivity index (χ1v) is 6.59. The lowest BCUT2D eigenvalue weighted by atomic mass is 10.2. The highest BCUT2D eigenvalue weighted by molar-refractivity contribution is 7.89. The van der Waals surface area contributed by atoms with Crippen molar-refractivity contribution < 1.29 is 17.6 Å². The maximum Gasteiger partial charge on any atom is 0.274 e. The maximum atomic E-state index is 11.8. The lowest BCUT2D eigenvalue weighted by molar-refractivity contribution is 0.109. The van der Waals surface area contributed by atoms with Crippen LogP contribution in [-0.2, 0) is 10.0 Å². The molecule has 0 aromatic carbocycles. The van der Waals surface area contributed by atoms with Crippen LogP contribution in [0.25, 0.3) is 0 Å². The van der Waals surface area contributed by atoms with Crippen LogP contribution in [0, 0.1) is 0 Å². The lowest BCUT2D eigenvalue weighted by Crippen LogP contribution is -2.33. The topological polar surface area (TPSA) is 76.4 Å². The number of nitrogens with one attached hydrogen (secondary N) is 1. The van der Waals surface area contributed by atoms with Crippen LogP contribution < -0.4 is 4.72 Å². The molecule has 0 bridgehead atoms. The molecule has 0 amide bonds. The second-order valence-electron chi connectivity index (χ2n) is 3.41. The van der Waals surface area contributed by atoms with E-state index < -0.39 is 10.0 Å². The van der Waals surface area contributed by atoms with E-state index >= 15 is 0 Å². The average molecular weight is 245 g/mol. The Morgan fingerprint density at radius 3 is 2.44 bits per heavy atom. The molecule has 0 aliphatic carbocycles. The number of furan rings is 1. The number of sulfonamides is 1. The van der Waals surface area contributed by atoms with E-state index in [4.69, 9.17) is 4.42 Å². The lowest BCUT2D eigenvalue weighted by Gasteiger charge is -2.13. The summed E-state index contributed by atoms with van der Waals surface area (Å²) in [6, 6.07) is 2.48. The zero-order valence-electron chi connectivity index (χ0n) is 9.26. The van der Waals surface area contributed by atoms with Gasteiger partial charge in [-0.05, 0) is 25.0 Å². The van der Waals surface area contributed by atoms with E-state index in [2.05, 4.69) is 4.72 Å². The van der Waals surface area contributed by atoms with Crippen LogP contribution in [0.5, 0.6) is 0 Å². The molecular formula is C10H15NO4S. The summed E-state index contributed by atoms with van der Waals surface area (Å²) >= 11 is 0. The summed E-state index contributed by atoms with van der Waals surface area (Å²) in [5, 5.41) is -0.221. The second kappa shape index (κ2) is 5.27. The van der Waals surface area contributed by atoms with Crippen LogP contribution >= 0.6 is 0 Å². The molecule has 0 saturated heterocycles. The van der Waals surface area contributed by atoms with Gasteiger partial charge in [-0.25, -0.2) is 13.1 Å². The molecule has 1 rings (SSSR count). The molecule has 0 aliphatic heterocycles. The normalized spacial score (nSPS) is 11.9. The van der Waals surface area contributed by atoms with Crippen LogP contribution in [-0.4, -0.2) is 20.7 Å². The van der Waals surface area contributed by atoms with Gasteiger partial charge < -0.3 is 4.42 Å².